The van der Waals surface area contributed by atoms with Crippen molar-refractivity contribution < 1.29 is 19.4 Å². The molecule has 1 fully saturated rings. The van der Waals surface area contributed by atoms with E-state index >= 15 is 0 Å². The summed E-state index contributed by atoms with van der Waals surface area (Å²) in [6, 6.07) is 6.71. The number of nitrogens with zero attached hydrogens (tertiary/aromatic N) is 3. The van der Waals surface area contributed by atoms with Crippen LogP contribution >= 0.6 is 0 Å². The van der Waals surface area contributed by atoms with Gasteiger partial charge in [0.25, 0.3) is 0 Å². The number of carboxylic acids is 1. The summed E-state index contributed by atoms with van der Waals surface area (Å²) in [7, 11) is 1.53. The molecule has 1 saturated heterocycles. The summed E-state index contributed by atoms with van der Waals surface area (Å²) in [5.41, 5.74) is 2.52. The van der Waals surface area contributed by atoms with Crippen molar-refractivity contribution in [1.29, 1.82) is 0 Å². The Bertz CT molecular complexity index is 816. The van der Waals surface area contributed by atoms with Crippen LogP contribution in [0.15, 0.2) is 36.7 Å². The summed E-state index contributed by atoms with van der Waals surface area (Å²) < 4.78 is 4.91. The van der Waals surface area contributed by atoms with E-state index in [9.17, 15) is 9.59 Å². The highest BCUT2D eigenvalue weighted by Crippen LogP contribution is 2.23. The average Bonchev–Trinajstić information content (AvgIpc) is 2.69. The Morgan fingerprint density at radius 2 is 2.04 bits per heavy atom. The number of aromatic nitrogens is 2. The van der Waals surface area contributed by atoms with Crippen LogP contribution in [0.1, 0.15) is 28.9 Å². The van der Waals surface area contributed by atoms with Gasteiger partial charge in [-0.15, -0.1) is 0 Å². The second-order valence-corrected chi connectivity index (χ2v) is 6.74. The molecule has 142 valence electrons. The highest BCUT2D eigenvalue weighted by atomic mass is 16.5. The minimum atomic E-state index is -0.962. The topological polar surface area (TPSA) is 92.6 Å². The predicted octanol–water partition coefficient (Wildman–Crippen LogP) is 2.27. The van der Waals surface area contributed by atoms with Gasteiger partial charge < -0.3 is 14.7 Å². The third-order valence-electron chi connectivity index (χ3n) is 4.82. The Hall–Kier alpha value is -2.80. The van der Waals surface area contributed by atoms with Crippen molar-refractivity contribution in [3.05, 3.63) is 47.9 Å². The van der Waals surface area contributed by atoms with Crippen LogP contribution in [0, 0.1) is 5.92 Å². The number of hydrogen-bond acceptors (Lipinski definition) is 5. The van der Waals surface area contributed by atoms with E-state index in [0.29, 0.717) is 11.6 Å². The lowest BCUT2D eigenvalue weighted by molar-refractivity contribution is -0.136. The Morgan fingerprint density at radius 3 is 2.74 bits per heavy atom. The summed E-state index contributed by atoms with van der Waals surface area (Å²) in [5.74, 6) is -0.474. The highest BCUT2D eigenvalue weighted by Gasteiger charge is 2.23. The second-order valence-electron chi connectivity index (χ2n) is 6.74. The molecule has 1 aromatic heterocycles. The Morgan fingerprint density at radius 1 is 1.26 bits per heavy atom. The molecule has 7 nitrogen and oxygen atoms in total. The van der Waals surface area contributed by atoms with Gasteiger partial charge in [0.15, 0.2) is 0 Å². The fraction of sp³-hybridized carbons (Fsp3) is 0.400. The Kier molecular flexibility index (Phi) is 6.13. The van der Waals surface area contributed by atoms with Crippen LogP contribution in [-0.4, -0.2) is 58.7 Å². The minimum absolute atomic E-state index is 0.0380. The predicted molar refractivity (Wildman–Crippen MR) is 99.3 cm³/mol. The number of rotatable bonds is 6. The lowest BCUT2D eigenvalue weighted by Crippen LogP contribution is -2.40. The number of aromatic carboxylic acids is 1. The number of piperidine rings is 1. The van der Waals surface area contributed by atoms with Gasteiger partial charge in [-0.2, -0.15) is 0 Å². The monoisotopic (exact) mass is 369 g/mol. The molecule has 0 radical (unpaired) electrons. The highest BCUT2D eigenvalue weighted by molar-refractivity contribution is 5.89. The molecule has 1 amide bonds. The summed E-state index contributed by atoms with van der Waals surface area (Å²) in [5, 5.41) is 9.15. The van der Waals surface area contributed by atoms with Crippen LogP contribution in [0.3, 0.4) is 0 Å². The molecule has 0 atom stereocenters. The summed E-state index contributed by atoms with van der Waals surface area (Å²) in [4.78, 5) is 33.8. The van der Waals surface area contributed by atoms with Crippen molar-refractivity contribution in [2.75, 3.05) is 26.8 Å². The van der Waals surface area contributed by atoms with Crippen molar-refractivity contribution >= 4 is 11.9 Å². The summed E-state index contributed by atoms with van der Waals surface area (Å²) in [6.07, 6.45) is 6.06. The molecule has 1 aliphatic heterocycles. The first-order chi connectivity index (χ1) is 13.1. The number of carbonyl (C=O) groups excluding carboxylic acids is 1. The molecule has 2 aromatic rings. The van der Waals surface area contributed by atoms with Crippen LogP contribution in [0.4, 0.5) is 0 Å². The van der Waals surface area contributed by atoms with Gasteiger partial charge in [-0.3, -0.25) is 9.78 Å². The molecular formula is C20H23N3O4. The van der Waals surface area contributed by atoms with E-state index in [4.69, 9.17) is 9.84 Å². The number of likely N-dealkylation sites (tertiary alicyclic amines) is 1. The lowest BCUT2D eigenvalue weighted by Gasteiger charge is -2.31. The van der Waals surface area contributed by atoms with E-state index in [0.717, 1.165) is 43.6 Å². The fourth-order valence-corrected chi connectivity index (χ4v) is 3.35. The number of hydrogen-bond donors (Lipinski definition) is 1. The molecule has 0 unspecified atom stereocenters. The molecule has 0 aliphatic carbocycles. The van der Waals surface area contributed by atoms with Crippen LogP contribution < -0.4 is 0 Å². The van der Waals surface area contributed by atoms with Crippen molar-refractivity contribution in [1.82, 2.24) is 14.9 Å². The standard InChI is InChI=1S/C20H23N3O4/c1-27-13-19(24)23-7-5-14(6-8-23)9-17-11-21-12-18(22-17)15-3-2-4-16(10-15)20(25)26/h2-4,10-12,14H,5-9,13H2,1H3,(H,25,26). The molecule has 3 rings (SSSR count). The maximum absolute atomic E-state index is 11.9. The van der Waals surface area contributed by atoms with Crippen molar-refractivity contribution in [2.45, 2.75) is 19.3 Å². The van der Waals surface area contributed by atoms with Crippen molar-refractivity contribution in [3.63, 3.8) is 0 Å². The first-order valence-electron chi connectivity index (χ1n) is 8.98. The molecule has 0 spiro atoms. The van der Waals surface area contributed by atoms with Crippen LogP contribution in [0.5, 0.6) is 0 Å². The molecule has 0 saturated carbocycles. The number of carboxylic acid groups (broad SMARTS) is 1. The van der Waals surface area contributed by atoms with Gasteiger partial charge >= 0.3 is 5.97 Å². The molecule has 27 heavy (non-hydrogen) atoms. The van der Waals surface area contributed by atoms with E-state index in [1.807, 2.05) is 11.0 Å². The molecule has 1 N–H and O–H groups in total. The van der Waals surface area contributed by atoms with Crippen LogP contribution in [0.25, 0.3) is 11.3 Å². The first-order valence-corrected chi connectivity index (χ1v) is 8.98. The largest absolute Gasteiger partial charge is 0.478 e. The van der Waals surface area contributed by atoms with Gasteiger partial charge in [-0.05, 0) is 37.3 Å². The van der Waals surface area contributed by atoms with E-state index < -0.39 is 5.97 Å². The molecule has 0 bridgehead atoms. The number of carbonyl (C=O) groups is 2. The van der Waals surface area contributed by atoms with E-state index in [2.05, 4.69) is 9.97 Å². The minimum Gasteiger partial charge on any atom is -0.478 e. The molecule has 1 aliphatic rings. The van der Waals surface area contributed by atoms with Gasteiger partial charge in [0.05, 0.1) is 23.1 Å². The van der Waals surface area contributed by atoms with E-state index in [-0.39, 0.29) is 18.1 Å². The van der Waals surface area contributed by atoms with E-state index in [1.54, 1.807) is 30.6 Å². The molecule has 2 heterocycles. The maximum Gasteiger partial charge on any atom is 0.335 e. The van der Waals surface area contributed by atoms with Gasteiger partial charge in [0, 0.05) is 32.0 Å². The molecule has 7 heteroatoms. The average molecular weight is 369 g/mol. The van der Waals surface area contributed by atoms with Gasteiger partial charge in [0.1, 0.15) is 6.61 Å². The van der Waals surface area contributed by atoms with Crippen LogP contribution in [-0.2, 0) is 16.0 Å². The smallest absolute Gasteiger partial charge is 0.335 e. The summed E-state index contributed by atoms with van der Waals surface area (Å²) >= 11 is 0. The number of ether oxygens (including phenoxy) is 1. The van der Waals surface area contributed by atoms with Crippen LogP contribution in [0.2, 0.25) is 0 Å². The van der Waals surface area contributed by atoms with Gasteiger partial charge in [0.2, 0.25) is 5.91 Å². The zero-order chi connectivity index (χ0) is 19.2. The maximum atomic E-state index is 11.9. The van der Waals surface area contributed by atoms with Gasteiger partial charge in [-0.25, -0.2) is 9.78 Å². The third-order valence-corrected chi connectivity index (χ3v) is 4.82. The number of amides is 1. The zero-order valence-corrected chi connectivity index (χ0v) is 15.3. The molecule has 1 aromatic carbocycles. The Labute approximate surface area is 158 Å². The fourth-order valence-electron chi connectivity index (χ4n) is 3.35. The quantitative estimate of drug-likeness (QED) is 0.840. The zero-order valence-electron chi connectivity index (χ0n) is 15.3. The number of methoxy groups -OCH3 is 1. The van der Waals surface area contributed by atoms with Crippen molar-refractivity contribution in [2.24, 2.45) is 5.92 Å². The number of benzene rings is 1. The molecular weight excluding hydrogens is 346 g/mol. The third kappa shape index (κ3) is 4.89. The first kappa shape index (κ1) is 19.0. The second kappa shape index (κ2) is 8.73. The normalized spacial score (nSPS) is 14.9. The Balaban J connectivity index is 1.64. The summed E-state index contributed by atoms with van der Waals surface area (Å²) in [6.45, 7) is 1.61. The van der Waals surface area contributed by atoms with Gasteiger partial charge in [-0.1, -0.05) is 12.1 Å². The van der Waals surface area contributed by atoms with Crippen molar-refractivity contribution in [3.8, 4) is 11.3 Å². The van der Waals surface area contributed by atoms with E-state index in [1.165, 1.54) is 7.11 Å². The lowest BCUT2D eigenvalue weighted by atomic mass is 9.92. The SMILES string of the molecule is COCC(=O)N1CCC(Cc2cncc(-c3cccc(C(=O)O)c3)n2)CC1.